The molecule has 0 amide bonds. The zero-order chi connectivity index (χ0) is 18.0. The summed E-state index contributed by atoms with van der Waals surface area (Å²) in [6, 6.07) is 2.66. The second-order valence-electron chi connectivity index (χ2n) is 7.07. The van der Waals surface area contributed by atoms with Crippen LogP contribution in [0.15, 0.2) is 36.0 Å². The minimum atomic E-state index is -0.481. The second-order valence-corrected chi connectivity index (χ2v) is 7.07. The molecule has 4 rings (SSSR count). The Morgan fingerprint density at radius 3 is 2.96 bits per heavy atom. The molecule has 1 aliphatic carbocycles. The molecule has 1 aromatic rings. The van der Waals surface area contributed by atoms with Gasteiger partial charge in [-0.1, -0.05) is 5.16 Å². The molecule has 1 spiro atoms. The molecule has 26 heavy (non-hydrogen) atoms. The highest BCUT2D eigenvalue weighted by Gasteiger charge is 2.44. The average Bonchev–Trinajstić information content (AvgIpc) is 3.50. The first-order valence-electron chi connectivity index (χ1n) is 9.04. The van der Waals surface area contributed by atoms with Gasteiger partial charge in [0.1, 0.15) is 17.6 Å². The van der Waals surface area contributed by atoms with Crippen LogP contribution in [0.1, 0.15) is 37.7 Å². The lowest BCUT2D eigenvalue weighted by Gasteiger charge is -2.44. The van der Waals surface area contributed by atoms with Gasteiger partial charge in [-0.15, -0.1) is 0 Å². The number of nitrogens with zero attached hydrogens (tertiary/aromatic N) is 3. The van der Waals surface area contributed by atoms with Crippen LogP contribution >= 0.6 is 0 Å². The zero-order valence-corrected chi connectivity index (χ0v) is 14.9. The molecular weight excluding hydrogens is 334 g/mol. The standard InChI is InChI=1S/C19H23N3O4/c1-24-18(23)5-11-25-21-16-12-19(26-17-13-20-8-4-15(16)17)6-9-22(10-7-19)14-2-3-14/h4-5,8,11,13-14H,2-3,6-7,9-10,12H2,1H3/b11-5+,21-16+. The number of aromatic nitrogens is 1. The number of methoxy groups -OCH3 is 1. The number of carbonyl (C=O) groups is 1. The first kappa shape index (κ1) is 17.0. The summed E-state index contributed by atoms with van der Waals surface area (Å²) in [4.78, 5) is 23.1. The van der Waals surface area contributed by atoms with Crippen LogP contribution in [0.3, 0.4) is 0 Å². The quantitative estimate of drug-likeness (QED) is 0.356. The minimum absolute atomic E-state index is 0.254. The van der Waals surface area contributed by atoms with E-state index in [2.05, 4.69) is 19.8 Å². The third-order valence-electron chi connectivity index (χ3n) is 5.31. The molecule has 0 unspecified atom stereocenters. The molecule has 7 heteroatoms. The number of hydrogen-bond acceptors (Lipinski definition) is 7. The van der Waals surface area contributed by atoms with E-state index in [1.807, 2.05) is 6.07 Å². The molecular formula is C19H23N3O4. The Hall–Kier alpha value is -2.41. The Labute approximate surface area is 152 Å². The minimum Gasteiger partial charge on any atom is -0.484 e. The highest BCUT2D eigenvalue weighted by molar-refractivity contribution is 6.04. The van der Waals surface area contributed by atoms with E-state index >= 15 is 0 Å². The van der Waals surface area contributed by atoms with Gasteiger partial charge in [0.15, 0.2) is 0 Å². The van der Waals surface area contributed by atoms with Crippen molar-refractivity contribution in [3.63, 3.8) is 0 Å². The molecule has 2 aliphatic heterocycles. The Morgan fingerprint density at radius 2 is 2.23 bits per heavy atom. The lowest BCUT2D eigenvalue weighted by Crippen LogP contribution is -2.51. The van der Waals surface area contributed by atoms with Crippen LogP contribution in [0.5, 0.6) is 5.75 Å². The van der Waals surface area contributed by atoms with Crippen molar-refractivity contribution in [2.75, 3.05) is 20.2 Å². The normalized spacial score (nSPS) is 23.7. The van der Waals surface area contributed by atoms with Gasteiger partial charge in [0.2, 0.25) is 0 Å². The summed E-state index contributed by atoms with van der Waals surface area (Å²) in [5.74, 6) is 0.267. The van der Waals surface area contributed by atoms with Gasteiger partial charge in [-0.3, -0.25) is 4.98 Å². The van der Waals surface area contributed by atoms with Crippen LogP contribution in [0.2, 0.25) is 0 Å². The molecule has 0 N–H and O–H groups in total. The number of fused-ring (bicyclic) bond motifs is 1. The van der Waals surface area contributed by atoms with Gasteiger partial charge in [-0.25, -0.2) is 4.79 Å². The highest BCUT2D eigenvalue weighted by Crippen LogP contribution is 2.41. The molecule has 138 valence electrons. The Balaban J connectivity index is 1.51. The average molecular weight is 357 g/mol. The fourth-order valence-electron chi connectivity index (χ4n) is 3.71. The van der Waals surface area contributed by atoms with Crippen molar-refractivity contribution in [3.8, 4) is 5.75 Å². The van der Waals surface area contributed by atoms with E-state index in [4.69, 9.17) is 9.57 Å². The van der Waals surface area contributed by atoms with E-state index < -0.39 is 5.97 Å². The maximum atomic E-state index is 11.1. The monoisotopic (exact) mass is 357 g/mol. The number of oxime groups is 1. The predicted octanol–water partition coefficient (Wildman–Crippen LogP) is 2.27. The summed E-state index contributed by atoms with van der Waals surface area (Å²) in [5, 5.41) is 4.25. The van der Waals surface area contributed by atoms with Crippen molar-refractivity contribution in [1.29, 1.82) is 0 Å². The first-order chi connectivity index (χ1) is 12.7. The summed E-state index contributed by atoms with van der Waals surface area (Å²) in [5.41, 5.74) is 1.46. The van der Waals surface area contributed by atoms with Crippen molar-refractivity contribution in [2.24, 2.45) is 5.16 Å². The molecule has 0 aromatic carbocycles. The van der Waals surface area contributed by atoms with E-state index in [1.165, 1.54) is 32.3 Å². The largest absolute Gasteiger partial charge is 0.484 e. The number of likely N-dealkylation sites (tertiary alicyclic amines) is 1. The molecule has 1 saturated carbocycles. The topological polar surface area (TPSA) is 73.2 Å². The smallest absolute Gasteiger partial charge is 0.333 e. The number of piperidine rings is 1. The molecule has 7 nitrogen and oxygen atoms in total. The van der Waals surface area contributed by atoms with E-state index in [9.17, 15) is 4.79 Å². The molecule has 0 atom stereocenters. The van der Waals surface area contributed by atoms with Crippen LogP contribution in [0, 0.1) is 0 Å². The Bertz CT molecular complexity index is 734. The van der Waals surface area contributed by atoms with E-state index in [1.54, 1.807) is 12.4 Å². The van der Waals surface area contributed by atoms with Crippen LogP contribution in [-0.2, 0) is 14.4 Å². The molecule has 2 fully saturated rings. The van der Waals surface area contributed by atoms with Crippen LogP contribution < -0.4 is 4.74 Å². The number of rotatable bonds is 4. The highest BCUT2D eigenvalue weighted by atomic mass is 16.6. The SMILES string of the molecule is COC(=O)/C=C/O/N=C1\CC2(CCN(C3CC3)CC2)Oc2cnccc21. The van der Waals surface area contributed by atoms with Crippen LogP contribution in [-0.4, -0.2) is 53.4 Å². The number of pyridine rings is 1. The third-order valence-corrected chi connectivity index (χ3v) is 5.31. The molecule has 0 radical (unpaired) electrons. The van der Waals surface area contributed by atoms with E-state index in [-0.39, 0.29) is 5.60 Å². The number of esters is 1. The first-order valence-corrected chi connectivity index (χ1v) is 9.04. The second kappa shape index (κ2) is 7.07. The fraction of sp³-hybridized carbons (Fsp3) is 0.526. The lowest BCUT2D eigenvalue weighted by atomic mass is 9.82. The van der Waals surface area contributed by atoms with Gasteiger partial charge in [0, 0.05) is 50.2 Å². The summed E-state index contributed by atoms with van der Waals surface area (Å²) in [7, 11) is 1.32. The molecule has 1 saturated heterocycles. The van der Waals surface area contributed by atoms with E-state index in [0.29, 0.717) is 6.42 Å². The van der Waals surface area contributed by atoms with E-state index in [0.717, 1.165) is 49.0 Å². The molecule has 0 bridgehead atoms. The Kier molecular flexibility index (Phi) is 4.63. The molecule has 1 aromatic heterocycles. The number of ether oxygens (including phenoxy) is 2. The van der Waals surface area contributed by atoms with Crippen molar-refractivity contribution in [2.45, 2.75) is 43.7 Å². The predicted molar refractivity (Wildman–Crippen MR) is 94.8 cm³/mol. The zero-order valence-electron chi connectivity index (χ0n) is 14.9. The van der Waals surface area contributed by atoms with Gasteiger partial charge in [-0.2, -0.15) is 0 Å². The summed E-state index contributed by atoms with van der Waals surface area (Å²) in [6.07, 6.45) is 11.2. The summed E-state index contributed by atoms with van der Waals surface area (Å²) >= 11 is 0. The van der Waals surface area contributed by atoms with Gasteiger partial charge < -0.3 is 19.2 Å². The fourth-order valence-corrected chi connectivity index (χ4v) is 3.71. The van der Waals surface area contributed by atoms with Crippen molar-refractivity contribution in [3.05, 3.63) is 36.4 Å². The van der Waals surface area contributed by atoms with Gasteiger partial charge in [0.05, 0.1) is 25.1 Å². The maximum Gasteiger partial charge on any atom is 0.333 e. The molecule has 3 heterocycles. The number of carbonyl (C=O) groups excluding carboxylic acids is 1. The summed E-state index contributed by atoms with van der Waals surface area (Å²) < 4.78 is 10.9. The van der Waals surface area contributed by atoms with Crippen LogP contribution in [0.4, 0.5) is 0 Å². The van der Waals surface area contributed by atoms with Gasteiger partial charge >= 0.3 is 5.97 Å². The number of hydrogen-bond donors (Lipinski definition) is 0. The third kappa shape index (κ3) is 3.58. The maximum absolute atomic E-state index is 11.1. The van der Waals surface area contributed by atoms with Crippen molar-refractivity contribution >= 4 is 11.7 Å². The molecule has 3 aliphatic rings. The van der Waals surface area contributed by atoms with Crippen molar-refractivity contribution in [1.82, 2.24) is 9.88 Å². The van der Waals surface area contributed by atoms with Crippen LogP contribution in [0.25, 0.3) is 0 Å². The van der Waals surface area contributed by atoms with Gasteiger partial charge in [0.25, 0.3) is 0 Å². The van der Waals surface area contributed by atoms with Crippen molar-refractivity contribution < 1.29 is 19.1 Å². The van der Waals surface area contributed by atoms with Gasteiger partial charge in [-0.05, 0) is 18.9 Å². The summed E-state index contributed by atoms with van der Waals surface area (Å²) in [6.45, 7) is 2.10. The lowest BCUT2D eigenvalue weighted by molar-refractivity contribution is -0.135. The Morgan fingerprint density at radius 1 is 1.42 bits per heavy atom.